The van der Waals surface area contributed by atoms with Gasteiger partial charge in [-0.3, -0.25) is 4.79 Å². The highest BCUT2D eigenvalue weighted by Crippen LogP contribution is 2.38. The van der Waals surface area contributed by atoms with Crippen molar-refractivity contribution in [1.29, 1.82) is 0 Å². The molecule has 9 nitrogen and oxygen atoms in total. The van der Waals surface area contributed by atoms with Gasteiger partial charge in [-0.1, -0.05) is 12.1 Å². The maximum Gasteiger partial charge on any atom is 0.322 e. The number of ether oxygens (including phenoxy) is 4. The molecule has 2 N–H and O–H groups in total. The van der Waals surface area contributed by atoms with E-state index in [1.165, 1.54) is 0 Å². The monoisotopic (exact) mass is 505 g/mol. The molecule has 1 atom stereocenters. The van der Waals surface area contributed by atoms with E-state index < -0.39 is 6.04 Å². The van der Waals surface area contributed by atoms with Crippen LogP contribution < -0.4 is 29.6 Å². The summed E-state index contributed by atoms with van der Waals surface area (Å²) in [4.78, 5) is 28.2. The average Bonchev–Trinajstić information content (AvgIpc) is 2.94. The minimum atomic E-state index is -0.444. The van der Waals surface area contributed by atoms with Gasteiger partial charge in [-0.2, -0.15) is 0 Å². The molecule has 3 aromatic carbocycles. The second-order valence-electron chi connectivity index (χ2n) is 8.43. The van der Waals surface area contributed by atoms with Crippen molar-refractivity contribution in [3.63, 3.8) is 0 Å². The quantitative estimate of drug-likeness (QED) is 0.474. The van der Waals surface area contributed by atoms with Crippen LogP contribution in [0.4, 0.5) is 10.5 Å². The second-order valence-corrected chi connectivity index (χ2v) is 8.43. The molecule has 1 aliphatic rings. The Morgan fingerprint density at radius 3 is 2.22 bits per heavy atom. The number of nitrogens with zero attached hydrogens (tertiary/aromatic N) is 1. The molecule has 0 spiro atoms. The van der Waals surface area contributed by atoms with Crippen molar-refractivity contribution >= 4 is 17.6 Å². The summed E-state index contributed by atoms with van der Waals surface area (Å²) in [6.07, 6.45) is 0.623. The van der Waals surface area contributed by atoms with Gasteiger partial charge in [0.05, 0.1) is 40.2 Å². The Balaban J connectivity index is 1.62. The molecule has 3 amide bonds. The van der Waals surface area contributed by atoms with Crippen molar-refractivity contribution in [3.05, 3.63) is 77.4 Å². The third kappa shape index (κ3) is 5.55. The van der Waals surface area contributed by atoms with E-state index in [0.29, 0.717) is 47.2 Å². The molecule has 0 saturated carbocycles. The predicted octanol–water partition coefficient (Wildman–Crippen LogP) is 4.28. The first-order chi connectivity index (χ1) is 18.0. The van der Waals surface area contributed by atoms with Crippen LogP contribution in [0.1, 0.15) is 27.5 Å². The first-order valence-corrected chi connectivity index (χ1v) is 11.9. The minimum Gasteiger partial charge on any atom is -0.497 e. The average molecular weight is 506 g/mol. The van der Waals surface area contributed by atoms with E-state index in [-0.39, 0.29) is 18.5 Å². The minimum absolute atomic E-state index is 0.201. The highest BCUT2D eigenvalue weighted by atomic mass is 16.5. The molecule has 0 bridgehead atoms. The number of carbonyl (C=O) groups excluding carboxylic acids is 2. The number of urea groups is 1. The number of para-hydroxylation sites is 2. The molecular formula is C28H31N3O6. The molecular weight excluding hydrogens is 474 g/mol. The fourth-order valence-corrected chi connectivity index (χ4v) is 4.46. The van der Waals surface area contributed by atoms with Crippen LogP contribution in [0.15, 0.2) is 60.7 Å². The number of methoxy groups -OCH3 is 4. The van der Waals surface area contributed by atoms with Crippen LogP contribution in [0.3, 0.4) is 0 Å². The third-order valence-electron chi connectivity index (χ3n) is 6.42. The molecule has 0 aromatic heterocycles. The number of hydrogen-bond donors (Lipinski definition) is 2. The standard InChI is InChI=1S/C28H31N3O6/c1-34-20-11-9-18(10-12-20)27(32)29-17-23-21-16-26(37-4)25(36-3)15-19(21)13-14-31(23)28(33)30-22-7-5-6-8-24(22)35-2/h5-12,15-16,23H,13-14,17H2,1-4H3,(H,29,32)(H,30,33). The summed E-state index contributed by atoms with van der Waals surface area (Å²) in [6.45, 7) is 0.652. The van der Waals surface area contributed by atoms with Crippen molar-refractivity contribution < 1.29 is 28.5 Å². The summed E-state index contributed by atoms with van der Waals surface area (Å²) in [7, 11) is 6.29. The SMILES string of the molecule is COc1ccc(C(=O)NCC2c3cc(OC)c(OC)cc3CCN2C(=O)Nc2ccccc2OC)cc1. The molecule has 0 fully saturated rings. The van der Waals surface area contributed by atoms with Gasteiger partial charge in [-0.15, -0.1) is 0 Å². The molecule has 9 heteroatoms. The zero-order chi connectivity index (χ0) is 26.4. The zero-order valence-electron chi connectivity index (χ0n) is 21.4. The summed E-state index contributed by atoms with van der Waals surface area (Å²) >= 11 is 0. The van der Waals surface area contributed by atoms with Crippen LogP contribution in [-0.4, -0.2) is 58.4 Å². The van der Waals surface area contributed by atoms with Gasteiger partial charge in [0.25, 0.3) is 5.91 Å². The van der Waals surface area contributed by atoms with Crippen LogP contribution in [-0.2, 0) is 6.42 Å². The number of anilines is 1. The molecule has 0 radical (unpaired) electrons. The molecule has 4 rings (SSSR count). The maximum atomic E-state index is 13.5. The number of rotatable bonds is 8. The van der Waals surface area contributed by atoms with Crippen molar-refractivity contribution in [2.45, 2.75) is 12.5 Å². The van der Waals surface area contributed by atoms with Crippen LogP contribution >= 0.6 is 0 Å². The van der Waals surface area contributed by atoms with Crippen molar-refractivity contribution in [3.8, 4) is 23.0 Å². The van der Waals surface area contributed by atoms with Crippen LogP contribution in [0.2, 0.25) is 0 Å². The second kappa shape index (κ2) is 11.6. The highest BCUT2D eigenvalue weighted by molar-refractivity contribution is 5.94. The lowest BCUT2D eigenvalue weighted by molar-refractivity contribution is 0.0936. The number of nitrogens with one attached hydrogen (secondary N) is 2. The molecule has 3 aromatic rings. The maximum absolute atomic E-state index is 13.5. The number of hydrogen-bond acceptors (Lipinski definition) is 6. The normalized spacial score (nSPS) is 14.3. The Morgan fingerprint density at radius 2 is 1.54 bits per heavy atom. The smallest absolute Gasteiger partial charge is 0.322 e. The van der Waals surface area contributed by atoms with Crippen LogP contribution in [0, 0.1) is 0 Å². The summed E-state index contributed by atoms with van der Waals surface area (Å²) < 4.78 is 21.6. The lowest BCUT2D eigenvalue weighted by Gasteiger charge is -2.38. The molecule has 1 unspecified atom stereocenters. The Morgan fingerprint density at radius 1 is 0.865 bits per heavy atom. The fraction of sp³-hybridized carbons (Fsp3) is 0.286. The zero-order valence-corrected chi connectivity index (χ0v) is 21.4. The van der Waals surface area contributed by atoms with Crippen LogP contribution in [0.25, 0.3) is 0 Å². The van der Waals surface area contributed by atoms with Crippen LogP contribution in [0.5, 0.6) is 23.0 Å². The molecule has 0 saturated heterocycles. The highest BCUT2D eigenvalue weighted by Gasteiger charge is 2.33. The Kier molecular flexibility index (Phi) is 8.02. The summed E-state index contributed by atoms with van der Waals surface area (Å²) in [5.74, 6) is 2.15. The van der Waals surface area contributed by atoms with Gasteiger partial charge < -0.3 is 34.5 Å². The topological polar surface area (TPSA) is 98.4 Å². The first kappa shape index (κ1) is 25.7. The van der Waals surface area contributed by atoms with E-state index in [4.69, 9.17) is 18.9 Å². The van der Waals surface area contributed by atoms with Gasteiger partial charge >= 0.3 is 6.03 Å². The number of fused-ring (bicyclic) bond motifs is 1. The van der Waals surface area contributed by atoms with Gasteiger partial charge in [0, 0.05) is 18.7 Å². The molecule has 37 heavy (non-hydrogen) atoms. The van der Waals surface area contributed by atoms with Gasteiger partial charge in [0.15, 0.2) is 11.5 Å². The van der Waals surface area contributed by atoms with Crippen molar-refractivity contribution in [2.24, 2.45) is 0 Å². The van der Waals surface area contributed by atoms with E-state index in [0.717, 1.165) is 11.1 Å². The Bertz CT molecular complexity index is 1260. The van der Waals surface area contributed by atoms with E-state index in [2.05, 4.69) is 10.6 Å². The molecule has 1 heterocycles. The van der Waals surface area contributed by atoms with Gasteiger partial charge in [-0.25, -0.2) is 4.79 Å². The number of amides is 3. The lowest BCUT2D eigenvalue weighted by Crippen LogP contribution is -2.47. The van der Waals surface area contributed by atoms with E-state index in [1.54, 1.807) is 69.7 Å². The molecule has 1 aliphatic heterocycles. The summed E-state index contributed by atoms with van der Waals surface area (Å²) in [6, 6.07) is 17.2. The largest absolute Gasteiger partial charge is 0.497 e. The first-order valence-electron chi connectivity index (χ1n) is 11.9. The van der Waals surface area contributed by atoms with E-state index in [9.17, 15) is 9.59 Å². The van der Waals surface area contributed by atoms with Crippen molar-refractivity contribution in [1.82, 2.24) is 10.2 Å². The van der Waals surface area contributed by atoms with E-state index >= 15 is 0 Å². The molecule has 0 aliphatic carbocycles. The van der Waals surface area contributed by atoms with E-state index in [1.807, 2.05) is 24.3 Å². The third-order valence-corrected chi connectivity index (χ3v) is 6.42. The number of carbonyl (C=O) groups is 2. The Hall–Kier alpha value is -4.40. The summed E-state index contributed by atoms with van der Waals surface area (Å²) in [5.41, 5.74) is 2.97. The number of benzene rings is 3. The fourth-order valence-electron chi connectivity index (χ4n) is 4.46. The van der Waals surface area contributed by atoms with Gasteiger partial charge in [0.1, 0.15) is 11.5 Å². The Labute approximate surface area is 216 Å². The molecule has 194 valence electrons. The predicted molar refractivity (Wildman–Crippen MR) is 140 cm³/mol. The lowest BCUT2D eigenvalue weighted by atomic mass is 9.91. The van der Waals surface area contributed by atoms with Gasteiger partial charge in [-0.05, 0) is 66.1 Å². The van der Waals surface area contributed by atoms with Crippen molar-refractivity contribution in [2.75, 3.05) is 46.8 Å². The van der Waals surface area contributed by atoms with Gasteiger partial charge in [0.2, 0.25) is 0 Å². The summed E-state index contributed by atoms with van der Waals surface area (Å²) in [5, 5.41) is 5.94.